The second-order valence-corrected chi connectivity index (χ2v) is 3.68. The van der Waals surface area contributed by atoms with Crippen molar-refractivity contribution in [3.63, 3.8) is 0 Å². The molecule has 0 fully saturated rings. The van der Waals surface area contributed by atoms with E-state index >= 15 is 0 Å². The highest BCUT2D eigenvalue weighted by Gasteiger charge is 2.06. The smallest absolute Gasteiger partial charge is 0.119 e. The fourth-order valence-corrected chi connectivity index (χ4v) is 1.39. The van der Waals surface area contributed by atoms with Gasteiger partial charge in [-0.25, -0.2) is 0 Å². The maximum Gasteiger partial charge on any atom is 0.119 e. The van der Waals surface area contributed by atoms with E-state index in [0.29, 0.717) is 13.0 Å². The van der Waals surface area contributed by atoms with Crippen LogP contribution in [0.3, 0.4) is 0 Å². The average molecular weight is 217 g/mol. The number of ether oxygens (including phenoxy) is 1. The van der Waals surface area contributed by atoms with Gasteiger partial charge in [-0.05, 0) is 25.1 Å². The molecule has 0 saturated heterocycles. The van der Waals surface area contributed by atoms with Crippen molar-refractivity contribution < 1.29 is 4.74 Å². The first-order valence-electron chi connectivity index (χ1n) is 5.71. The molecule has 16 heavy (non-hydrogen) atoms. The highest BCUT2D eigenvalue weighted by atomic mass is 16.5. The largest absolute Gasteiger partial charge is 0.492 e. The molecule has 1 unspecified atom stereocenters. The van der Waals surface area contributed by atoms with Crippen LogP contribution in [0.5, 0.6) is 5.75 Å². The van der Waals surface area contributed by atoms with Gasteiger partial charge >= 0.3 is 0 Å². The van der Waals surface area contributed by atoms with Gasteiger partial charge in [-0.1, -0.05) is 25.1 Å². The summed E-state index contributed by atoms with van der Waals surface area (Å²) in [5.74, 6) is 3.56. The monoisotopic (exact) mass is 217 g/mol. The summed E-state index contributed by atoms with van der Waals surface area (Å²) in [5.41, 5.74) is 0. The molecule has 0 amide bonds. The molecule has 0 bridgehead atoms. The summed E-state index contributed by atoms with van der Waals surface area (Å²) in [7, 11) is 0. The summed E-state index contributed by atoms with van der Waals surface area (Å²) in [6.45, 7) is 3.73. The maximum absolute atomic E-state index is 5.66. The topological polar surface area (TPSA) is 21.3 Å². The highest BCUT2D eigenvalue weighted by molar-refractivity contribution is 5.20. The first-order chi connectivity index (χ1) is 7.86. The molecule has 0 aliphatic carbocycles. The minimum Gasteiger partial charge on any atom is -0.492 e. The van der Waals surface area contributed by atoms with Gasteiger partial charge in [0.15, 0.2) is 0 Å². The zero-order valence-electron chi connectivity index (χ0n) is 9.78. The molecule has 1 aromatic rings. The summed E-state index contributed by atoms with van der Waals surface area (Å²) in [4.78, 5) is 0. The van der Waals surface area contributed by atoms with Crippen molar-refractivity contribution in [1.29, 1.82) is 0 Å². The summed E-state index contributed by atoms with van der Waals surface area (Å²) < 4.78 is 5.66. The van der Waals surface area contributed by atoms with Crippen LogP contribution in [-0.2, 0) is 0 Å². The Morgan fingerprint density at radius 2 is 2.12 bits per heavy atom. The van der Waals surface area contributed by atoms with E-state index < -0.39 is 0 Å². The molecule has 0 aliphatic heterocycles. The molecular weight excluding hydrogens is 198 g/mol. The van der Waals surface area contributed by atoms with Crippen LogP contribution in [0, 0.1) is 12.3 Å². The molecule has 1 aromatic carbocycles. The molecule has 2 heteroatoms. The average Bonchev–Trinajstić information content (AvgIpc) is 2.34. The molecule has 0 saturated carbocycles. The fourth-order valence-electron chi connectivity index (χ4n) is 1.39. The van der Waals surface area contributed by atoms with Gasteiger partial charge in [0.2, 0.25) is 0 Å². The van der Waals surface area contributed by atoms with Crippen molar-refractivity contribution in [2.24, 2.45) is 0 Å². The first kappa shape index (κ1) is 12.6. The van der Waals surface area contributed by atoms with Gasteiger partial charge in [-0.15, -0.1) is 12.3 Å². The van der Waals surface area contributed by atoms with Crippen LogP contribution in [0.1, 0.15) is 19.8 Å². The lowest BCUT2D eigenvalue weighted by molar-refractivity contribution is 0.266. The molecule has 86 valence electrons. The van der Waals surface area contributed by atoms with Gasteiger partial charge in [0.1, 0.15) is 12.4 Å². The third kappa shape index (κ3) is 4.86. The number of para-hydroxylation sites is 1. The van der Waals surface area contributed by atoms with Gasteiger partial charge in [0.25, 0.3) is 0 Å². The minimum atomic E-state index is 0.241. The first-order valence-corrected chi connectivity index (χ1v) is 5.71. The van der Waals surface area contributed by atoms with Crippen molar-refractivity contribution in [2.45, 2.75) is 25.8 Å². The van der Waals surface area contributed by atoms with E-state index in [4.69, 9.17) is 11.2 Å². The molecular formula is C14H19NO. The SMILES string of the molecule is C#CCC(COc1ccccc1)NCCC. The van der Waals surface area contributed by atoms with E-state index in [1.165, 1.54) is 0 Å². The molecule has 1 atom stereocenters. The van der Waals surface area contributed by atoms with Gasteiger partial charge in [0, 0.05) is 6.42 Å². The van der Waals surface area contributed by atoms with Gasteiger partial charge in [-0.2, -0.15) is 0 Å². The molecule has 0 heterocycles. The van der Waals surface area contributed by atoms with E-state index in [1.807, 2.05) is 30.3 Å². The molecule has 2 nitrogen and oxygen atoms in total. The third-order valence-corrected chi connectivity index (χ3v) is 2.24. The van der Waals surface area contributed by atoms with Crippen molar-refractivity contribution in [1.82, 2.24) is 5.32 Å². The Hall–Kier alpha value is -1.46. The Morgan fingerprint density at radius 1 is 1.38 bits per heavy atom. The molecule has 0 spiro atoms. The van der Waals surface area contributed by atoms with Crippen LogP contribution in [0.4, 0.5) is 0 Å². The third-order valence-electron chi connectivity index (χ3n) is 2.24. The normalized spacial score (nSPS) is 11.8. The van der Waals surface area contributed by atoms with E-state index in [-0.39, 0.29) is 6.04 Å². The minimum absolute atomic E-state index is 0.241. The predicted octanol–water partition coefficient (Wildman–Crippen LogP) is 2.46. The number of terminal acetylenes is 1. The second kappa shape index (κ2) is 7.78. The lowest BCUT2D eigenvalue weighted by Crippen LogP contribution is -2.34. The second-order valence-electron chi connectivity index (χ2n) is 3.68. The molecule has 0 radical (unpaired) electrons. The van der Waals surface area contributed by atoms with Crippen molar-refractivity contribution >= 4 is 0 Å². The summed E-state index contributed by atoms with van der Waals surface area (Å²) in [5, 5.41) is 3.37. The summed E-state index contributed by atoms with van der Waals surface area (Å²) >= 11 is 0. The van der Waals surface area contributed by atoms with Gasteiger partial charge < -0.3 is 10.1 Å². The van der Waals surface area contributed by atoms with Gasteiger partial charge in [-0.3, -0.25) is 0 Å². The Balaban J connectivity index is 2.35. The number of benzene rings is 1. The number of rotatable bonds is 7. The summed E-state index contributed by atoms with van der Waals surface area (Å²) in [6.07, 6.45) is 7.13. The summed E-state index contributed by atoms with van der Waals surface area (Å²) in [6, 6.07) is 10.0. The highest BCUT2D eigenvalue weighted by Crippen LogP contribution is 2.08. The lowest BCUT2D eigenvalue weighted by atomic mass is 10.2. The van der Waals surface area contributed by atoms with Crippen LogP contribution in [0.25, 0.3) is 0 Å². The quantitative estimate of drug-likeness (QED) is 0.708. The van der Waals surface area contributed by atoms with Crippen LogP contribution in [-0.4, -0.2) is 19.2 Å². The molecule has 1 N–H and O–H groups in total. The number of nitrogens with one attached hydrogen (secondary N) is 1. The van der Waals surface area contributed by atoms with Gasteiger partial charge in [0.05, 0.1) is 6.04 Å². The Kier molecular flexibility index (Phi) is 6.13. The van der Waals surface area contributed by atoms with E-state index in [0.717, 1.165) is 18.7 Å². The van der Waals surface area contributed by atoms with Crippen LogP contribution < -0.4 is 10.1 Å². The van der Waals surface area contributed by atoms with E-state index in [9.17, 15) is 0 Å². The van der Waals surface area contributed by atoms with Crippen molar-refractivity contribution in [3.05, 3.63) is 30.3 Å². The zero-order chi connectivity index (χ0) is 11.6. The molecule has 0 aliphatic rings. The lowest BCUT2D eigenvalue weighted by Gasteiger charge is -2.16. The van der Waals surface area contributed by atoms with E-state index in [1.54, 1.807) is 0 Å². The Bertz CT molecular complexity index is 315. The zero-order valence-corrected chi connectivity index (χ0v) is 9.78. The fraction of sp³-hybridized carbons (Fsp3) is 0.429. The number of hydrogen-bond donors (Lipinski definition) is 1. The standard InChI is InChI=1S/C14H19NO/c1-3-8-13(15-11-4-2)12-16-14-9-6-5-7-10-14/h1,5-7,9-10,13,15H,4,8,11-12H2,2H3. The maximum atomic E-state index is 5.66. The molecule has 0 aromatic heterocycles. The number of hydrogen-bond acceptors (Lipinski definition) is 2. The van der Waals surface area contributed by atoms with Crippen LogP contribution in [0.15, 0.2) is 30.3 Å². The molecule has 1 rings (SSSR count). The van der Waals surface area contributed by atoms with Crippen molar-refractivity contribution in [2.75, 3.05) is 13.2 Å². The van der Waals surface area contributed by atoms with Crippen LogP contribution in [0.2, 0.25) is 0 Å². The van der Waals surface area contributed by atoms with E-state index in [2.05, 4.69) is 18.2 Å². The van der Waals surface area contributed by atoms with Crippen molar-refractivity contribution in [3.8, 4) is 18.1 Å². The van der Waals surface area contributed by atoms with Crippen LogP contribution >= 0.6 is 0 Å². The Labute approximate surface area is 98.0 Å². The Morgan fingerprint density at radius 3 is 2.75 bits per heavy atom. The predicted molar refractivity (Wildman–Crippen MR) is 67.5 cm³/mol.